The first kappa shape index (κ1) is 23.3. The summed E-state index contributed by atoms with van der Waals surface area (Å²) in [5.41, 5.74) is 2.01. The third-order valence-electron chi connectivity index (χ3n) is 6.21. The van der Waals surface area contributed by atoms with Crippen molar-refractivity contribution in [2.24, 2.45) is 0 Å². The lowest BCUT2D eigenvalue weighted by Crippen LogP contribution is -3.15. The van der Waals surface area contributed by atoms with Crippen LogP contribution in [0.15, 0.2) is 53.4 Å². The molecule has 2 heterocycles. The van der Waals surface area contributed by atoms with E-state index in [2.05, 4.69) is 27.3 Å². The number of quaternary nitrogens is 1. The first-order valence-electron chi connectivity index (χ1n) is 11.3. The molecule has 1 aromatic heterocycles. The average molecular weight is 474 g/mol. The molecule has 0 saturated carbocycles. The molecule has 0 amide bonds. The number of nitrogens with one attached hydrogen (secondary N) is 1. The van der Waals surface area contributed by atoms with E-state index in [1.807, 2.05) is 6.92 Å². The van der Waals surface area contributed by atoms with E-state index in [4.69, 9.17) is 0 Å². The fraction of sp³-hybridized carbons (Fsp3) is 0.435. The number of piperazine rings is 1. The van der Waals surface area contributed by atoms with Crippen LogP contribution in [0.3, 0.4) is 0 Å². The average Bonchev–Trinajstić information content (AvgIpc) is 3.25. The number of aryl methyl sites for hydroxylation is 1. The van der Waals surface area contributed by atoms with Crippen LogP contribution in [-0.2, 0) is 15.7 Å². The van der Waals surface area contributed by atoms with Crippen LogP contribution in [0.25, 0.3) is 0 Å². The Kier molecular flexibility index (Phi) is 7.04. The highest BCUT2D eigenvalue weighted by molar-refractivity contribution is 7.90. The van der Waals surface area contributed by atoms with Crippen molar-refractivity contribution < 1.29 is 17.7 Å². The molecule has 3 aromatic rings. The number of aromatic nitrogens is 4. The Hall–Kier alpha value is -2.85. The van der Waals surface area contributed by atoms with Gasteiger partial charge < -0.3 is 9.80 Å². The maximum Gasteiger partial charge on any atom is 0.210 e. The molecule has 176 valence electrons. The zero-order valence-corrected chi connectivity index (χ0v) is 19.8. The number of benzene rings is 2. The number of anilines is 1. The minimum absolute atomic E-state index is 0.00795. The van der Waals surface area contributed by atoms with E-state index < -0.39 is 9.84 Å². The van der Waals surface area contributed by atoms with Crippen molar-refractivity contribution in [3.63, 3.8) is 0 Å². The van der Waals surface area contributed by atoms with Crippen LogP contribution in [0.2, 0.25) is 0 Å². The second-order valence-corrected chi connectivity index (χ2v) is 10.5. The number of hydrogen-bond acceptors (Lipinski definition) is 6. The Labute approximate surface area is 193 Å². The number of sulfone groups is 1. The van der Waals surface area contributed by atoms with Crippen LogP contribution in [0.1, 0.15) is 37.2 Å². The molecule has 0 bridgehead atoms. The molecular formula is C23H30FN6O2S+. The minimum atomic E-state index is -3.58. The maximum absolute atomic E-state index is 13.3. The highest BCUT2D eigenvalue weighted by atomic mass is 32.2. The Balaban J connectivity index is 1.49. The van der Waals surface area contributed by atoms with E-state index in [1.165, 1.54) is 21.7 Å². The van der Waals surface area contributed by atoms with Gasteiger partial charge in [-0.15, -0.1) is 5.10 Å². The fourth-order valence-electron chi connectivity index (χ4n) is 4.39. The first-order chi connectivity index (χ1) is 15.9. The van der Waals surface area contributed by atoms with Crippen molar-refractivity contribution >= 4 is 15.5 Å². The summed E-state index contributed by atoms with van der Waals surface area (Å²) in [5.74, 6) is 0.0874. The molecule has 1 fully saturated rings. The highest BCUT2D eigenvalue weighted by Gasteiger charge is 2.33. The number of halogens is 1. The van der Waals surface area contributed by atoms with E-state index >= 15 is 0 Å². The van der Waals surface area contributed by atoms with Gasteiger partial charge in [-0.05, 0) is 53.7 Å². The lowest BCUT2D eigenvalue weighted by atomic mass is 10.1. The number of hydrogen-bond donors (Lipinski definition) is 1. The molecule has 1 saturated heterocycles. The molecule has 1 atom stereocenters. The summed E-state index contributed by atoms with van der Waals surface area (Å²) in [6.07, 6.45) is 1.80. The number of nitrogens with zero attached hydrogens (tertiary/aromatic N) is 5. The third-order valence-corrected chi connectivity index (χ3v) is 7.79. The maximum atomic E-state index is 13.3. The van der Waals surface area contributed by atoms with Crippen LogP contribution >= 0.6 is 0 Å². The van der Waals surface area contributed by atoms with E-state index in [9.17, 15) is 12.8 Å². The monoisotopic (exact) mass is 473 g/mol. The second-order valence-electron chi connectivity index (χ2n) is 8.56. The Bertz CT molecular complexity index is 1160. The normalized spacial score (nSPS) is 16.2. The van der Waals surface area contributed by atoms with Crippen molar-refractivity contribution in [1.29, 1.82) is 0 Å². The molecule has 1 aliphatic heterocycles. The van der Waals surface area contributed by atoms with E-state index in [1.54, 1.807) is 36.4 Å². The molecule has 4 rings (SSSR count). The summed E-state index contributed by atoms with van der Waals surface area (Å²) >= 11 is 0. The van der Waals surface area contributed by atoms with Crippen molar-refractivity contribution in [1.82, 2.24) is 20.2 Å². The predicted molar refractivity (Wildman–Crippen MR) is 123 cm³/mol. The van der Waals surface area contributed by atoms with Gasteiger partial charge in [-0.3, -0.25) is 0 Å². The van der Waals surface area contributed by atoms with Gasteiger partial charge in [-0.2, -0.15) is 0 Å². The topological polar surface area (TPSA) is 85.4 Å². The molecule has 1 aliphatic rings. The van der Waals surface area contributed by atoms with Gasteiger partial charge >= 0.3 is 0 Å². The Morgan fingerprint density at radius 1 is 1.06 bits per heavy atom. The van der Waals surface area contributed by atoms with Crippen molar-refractivity contribution in [3.05, 3.63) is 65.7 Å². The van der Waals surface area contributed by atoms with Crippen LogP contribution in [0.4, 0.5) is 10.1 Å². The van der Waals surface area contributed by atoms with E-state index in [0.29, 0.717) is 5.82 Å². The molecule has 0 radical (unpaired) electrons. The molecule has 0 unspecified atom stereocenters. The summed E-state index contributed by atoms with van der Waals surface area (Å²) in [4.78, 5) is 3.84. The first-order valence-corrected chi connectivity index (χ1v) is 12.9. The standard InChI is InChI=1S/C23H29FN6O2S/c1-3-4-22(29-15-13-28(14-16-29)20-9-7-19(24)8-10-20)23-25-26-27-30(23)17-33(31,32)21-11-5-18(2)6-12-21/h5-12,22H,3-4,13-17H2,1-2H3/p+1/t22-/m1/s1. The lowest BCUT2D eigenvalue weighted by molar-refractivity contribution is -0.933. The highest BCUT2D eigenvalue weighted by Crippen LogP contribution is 2.19. The van der Waals surface area contributed by atoms with Gasteiger partial charge in [0.05, 0.1) is 31.1 Å². The summed E-state index contributed by atoms with van der Waals surface area (Å²) < 4.78 is 40.7. The summed E-state index contributed by atoms with van der Waals surface area (Å²) in [6.45, 7) is 7.40. The van der Waals surface area contributed by atoms with Gasteiger partial charge in [0.2, 0.25) is 5.82 Å². The van der Waals surface area contributed by atoms with Gasteiger partial charge in [-0.25, -0.2) is 17.5 Å². The van der Waals surface area contributed by atoms with Crippen molar-refractivity contribution in [3.8, 4) is 0 Å². The zero-order valence-electron chi connectivity index (χ0n) is 19.0. The Morgan fingerprint density at radius 2 is 1.73 bits per heavy atom. The smallest absolute Gasteiger partial charge is 0.210 e. The van der Waals surface area contributed by atoms with Gasteiger partial charge in [0.15, 0.2) is 15.7 Å². The zero-order chi connectivity index (χ0) is 23.4. The van der Waals surface area contributed by atoms with Crippen LogP contribution < -0.4 is 9.80 Å². The quantitative estimate of drug-likeness (QED) is 0.537. The number of tetrazole rings is 1. The molecule has 0 spiro atoms. The van der Waals surface area contributed by atoms with Crippen LogP contribution in [0.5, 0.6) is 0 Å². The molecule has 1 N–H and O–H groups in total. The minimum Gasteiger partial charge on any atom is -0.360 e. The largest absolute Gasteiger partial charge is 0.360 e. The SMILES string of the molecule is CCC[C@H](c1nnnn1CS(=O)(=O)c1ccc(C)cc1)[NH+]1CCN(c2ccc(F)cc2)CC1. The molecular weight excluding hydrogens is 443 g/mol. The Morgan fingerprint density at radius 3 is 2.36 bits per heavy atom. The molecule has 2 aromatic carbocycles. The molecule has 8 nitrogen and oxygen atoms in total. The fourth-order valence-corrected chi connectivity index (χ4v) is 5.60. The van der Waals surface area contributed by atoms with Crippen molar-refractivity contribution in [2.45, 2.75) is 43.5 Å². The summed E-state index contributed by atoms with van der Waals surface area (Å²) in [7, 11) is -3.58. The third kappa shape index (κ3) is 5.39. The lowest BCUT2D eigenvalue weighted by Gasteiger charge is -2.37. The van der Waals surface area contributed by atoms with Crippen LogP contribution in [0, 0.1) is 12.7 Å². The summed E-state index contributed by atoms with van der Waals surface area (Å²) in [6, 6.07) is 13.4. The van der Waals surface area contributed by atoms with E-state index in [0.717, 1.165) is 50.3 Å². The van der Waals surface area contributed by atoms with Gasteiger partial charge in [0.25, 0.3) is 0 Å². The number of rotatable bonds is 8. The summed E-state index contributed by atoms with van der Waals surface area (Å²) in [5, 5.41) is 12.1. The van der Waals surface area contributed by atoms with Gasteiger partial charge in [-0.1, -0.05) is 31.0 Å². The second kappa shape index (κ2) is 9.96. The predicted octanol–water partition coefficient (Wildman–Crippen LogP) is 1.80. The molecule has 10 heteroatoms. The van der Waals surface area contributed by atoms with Crippen molar-refractivity contribution in [2.75, 3.05) is 31.1 Å². The molecule has 0 aliphatic carbocycles. The van der Waals surface area contributed by atoms with Gasteiger partial charge in [0.1, 0.15) is 11.9 Å². The van der Waals surface area contributed by atoms with E-state index in [-0.39, 0.29) is 22.6 Å². The van der Waals surface area contributed by atoms with Crippen LogP contribution in [-0.4, -0.2) is 54.8 Å². The molecule has 33 heavy (non-hydrogen) atoms. The van der Waals surface area contributed by atoms with Gasteiger partial charge in [0, 0.05) is 12.1 Å².